The summed E-state index contributed by atoms with van der Waals surface area (Å²) < 4.78 is 5.23. The van der Waals surface area contributed by atoms with Gasteiger partial charge >= 0.3 is 0 Å². The van der Waals surface area contributed by atoms with Crippen molar-refractivity contribution >= 4 is 34.7 Å². The monoisotopic (exact) mass is 311 g/mol. The van der Waals surface area contributed by atoms with E-state index in [1.165, 1.54) is 4.90 Å². The Hall–Kier alpha value is -2.53. The standard InChI is InChI=1S/C17H13NO3S/c1-12(10-14-8-5-9-21-14)11-15-16(19)18(17(20)22-15)13-6-3-2-4-7-13/h2-11H,1H3/b12-10+,15-11+. The predicted molar refractivity (Wildman–Crippen MR) is 87.4 cm³/mol. The fraction of sp³-hybridized carbons (Fsp3) is 0.0588. The molecule has 0 bridgehead atoms. The van der Waals surface area contributed by atoms with Crippen molar-refractivity contribution in [3.8, 4) is 0 Å². The molecule has 0 atom stereocenters. The zero-order valence-corrected chi connectivity index (χ0v) is 12.7. The first-order valence-electron chi connectivity index (χ1n) is 6.70. The minimum Gasteiger partial charge on any atom is -0.465 e. The van der Waals surface area contributed by atoms with E-state index in [0.717, 1.165) is 17.3 Å². The number of furan rings is 1. The van der Waals surface area contributed by atoms with Crippen LogP contribution in [0.5, 0.6) is 0 Å². The summed E-state index contributed by atoms with van der Waals surface area (Å²) in [6.45, 7) is 1.86. The molecule has 0 radical (unpaired) electrons. The van der Waals surface area contributed by atoms with Gasteiger partial charge in [-0.2, -0.15) is 0 Å². The van der Waals surface area contributed by atoms with Crippen LogP contribution in [0.25, 0.3) is 6.08 Å². The maximum atomic E-state index is 12.4. The minimum absolute atomic E-state index is 0.284. The molecule has 110 valence electrons. The van der Waals surface area contributed by atoms with Crippen LogP contribution in [0, 0.1) is 0 Å². The topological polar surface area (TPSA) is 50.5 Å². The molecule has 3 rings (SSSR count). The highest BCUT2D eigenvalue weighted by Crippen LogP contribution is 2.35. The molecular weight excluding hydrogens is 298 g/mol. The molecule has 0 spiro atoms. The predicted octanol–water partition coefficient (Wildman–Crippen LogP) is 4.47. The van der Waals surface area contributed by atoms with Gasteiger partial charge in [0.25, 0.3) is 11.1 Å². The molecule has 5 heteroatoms. The van der Waals surface area contributed by atoms with E-state index in [9.17, 15) is 9.59 Å². The van der Waals surface area contributed by atoms with Crippen LogP contribution in [0.3, 0.4) is 0 Å². The van der Waals surface area contributed by atoms with Gasteiger partial charge in [-0.1, -0.05) is 18.2 Å². The third kappa shape index (κ3) is 2.89. The van der Waals surface area contributed by atoms with Crippen molar-refractivity contribution < 1.29 is 14.0 Å². The molecule has 1 aromatic carbocycles. The molecule has 0 unspecified atom stereocenters. The molecule has 4 nitrogen and oxygen atoms in total. The molecule has 0 saturated carbocycles. The normalized spacial score (nSPS) is 17.6. The molecule has 0 N–H and O–H groups in total. The van der Waals surface area contributed by atoms with E-state index < -0.39 is 0 Å². The van der Waals surface area contributed by atoms with Crippen LogP contribution < -0.4 is 4.90 Å². The largest absolute Gasteiger partial charge is 0.465 e. The summed E-state index contributed by atoms with van der Waals surface area (Å²) in [5, 5.41) is -0.284. The van der Waals surface area contributed by atoms with Gasteiger partial charge in [0.2, 0.25) is 0 Å². The molecule has 1 fully saturated rings. The van der Waals surface area contributed by atoms with Crippen LogP contribution >= 0.6 is 11.8 Å². The molecule has 1 aliphatic heterocycles. The van der Waals surface area contributed by atoms with Crippen molar-refractivity contribution in [2.75, 3.05) is 4.90 Å². The first kappa shape index (κ1) is 14.4. The first-order valence-corrected chi connectivity index (χ1v) is 7.51. The van der Waals surface area contributed by atoms with Gasteiger partial charge in [0, 0.05) is 0 Å². The van der Waals surface area contributed by atoms with Crippen molar-refractivity contribution in [3.63, 3.8) is 0 Å². The Morgan fingerprint density at radius 1 is 1.14 bits per heavy atom. The Bertz CT molecular complexity index is 760. The lowest BCUT2D eigenvalue weighted by atomic mass is 10.2. The Balaban J connectivity index is 1.86. The van der Waals surface area contributed by atoms with Crippen LogP contribution in [-0.2, 0) is 4.79 Å². The van der Waals surface area contributed by atoms with Gasteiger partial charge in [-0.3, -0.25) is 9.59 Å². The number of imide groups is 1. The van der Waals surface area contributed by atoms with Crippen molar-refractivity contribution in [2.45, 2.75) is 6.92 Å². The van der Waals surface area contributed by atoms with Gasteiger partial charge in [0.15, 0.2) is 0 Å². The van der Waals surface area contributed by atoms with Crippen LogP contribution in [0.15, 0.2) is 69.7 Å². The lowest BCUT2D eigenvalue weighted by molar-refractivity contribution is -0.113. The number of amides is 2. The van der Waals surface area contributed by atoms with Crippen molar-refractivity contribution in [1.29, 1.82) is 0 Å². The number of thioether (sulfide) groups is 1. The van der Waals surface area contributed by atoms with Gasteiger partial charge in [-0.25, -0.2) is 4.90 Å². The van der Waals surface area contributed by atoms with E-state index in [1.807, 2.05) is 25.1 Å². The Morgan fingerprint density at radius 3 is 2.59 bits per heavy atom. The third-order valence-electron chi connectivity index (χ3n) is 3.08. The highest BCUT2D eigenvalue weighted by atomic mass is 32.2. The van der Waals surface area contributed by atoms with E-state index >= 15 is 0 Å². The number of carbonyl (C=O) groups excluding carboxylic acids is 2. The second-order valence-electron chi connectivity index (χ2n) is 4.76. The molecule has 1 saturated heterocycles. The number of rotatable bonds is 3. The second-order valence-corrected chi connectivity index (χ2v) is 5.75. The minimum atomic E-state index is -0.298. The fourth-order valence-corrected chi connectivity index (χ4v) is 3.00. The van der Waals surface area contributed by atoms with E-state index in [0.29, 0.717) is 16.4 Å². The van der Waals surface area contributed by atoms with Crippen molar-refractivity contribution in [3.05, 3.63) is 71.0 Å². The number of hydrogen-bond donors (Lipinski definition) is 0. The maximum absolute atomic E-state index is 12.4. The van der Waals surface area contributed by atoms with E-state index in [-0.39, 0.29) is 11.1 Å². The summed E-state index contributed by atoms with van der Waals surface area (Å²) in [6.07, 6.45) is 5.11. The van der Waals surface area contributed by atoms with Crippen LogP contribution in [0.2, 0.25) is 0 Å². The summed E-state index contributed by atoms with van der Waals surface area (Å²) in [7, 11) is 0. The van der Waals surface area contributed by atoms with Crippen LogP contribution in [0.4, 0.5) is 10.5 Å². The first-order chi connectivity index (χ1) is 10.6. The number of nitrogens with zero attached hydrogens (tertiary/aromatic N) is 1. The summed E-state index contributed by atoms with van der Waals surface area (Å²) in [6, 6.07) is 12.5. The number of allylic oxidation sites excluding steroid dienone is 2. The molecule has 2 heterocycles. The molecule has 1 aliphatic rings. The SMILES string of the molecule is CC(=C\c1ccco1)/C=C1/SC(=O)N(c2ccccc2)C1=O. The zero-order chi connectivity index (χ0) is 15.5. The Kier molecular flexibility index (Phi) is 3.98. The third-order valence-corrected chi connectivity index (χ3v) is 3.95. The van der Waals surface area contributed by atoms with Gasteiger partial charge in [-0.05, 0) is 60.7 Å². The number of para-hydroxylation sites is 1. The zero-order valence-electron chi connectivity index (χ0n) is 11.9. The Morgan fingerprint density at radius 2 is 1.91 bits per heavy atom. The van der Waals surface area contributed by atoms with Gasteiger partial charge in [-0.15, -0.1) is 0 Å². The average molecular weight is 311 g/mol. The lowest BCUT2D eigenvalue weighted by Crippen LogP contribution is -2.27. The molecule has 22 heavy (non-hydrogen) atoms. The summed E-state index contributed by atoms with van der Waals surface area (Å²) in [5.74, 6) is 0.407. The lowest BCUT2D eigenvalue weighted by Gasteiger charge is -2.11. The summed E-state index contributed by atoms with van der Waals surface area (Å²) in [4.78, 5) is 26.1. The fourth-order valence-electron chi connectivity index (χ4n) is 2.11. The molecule has 2 aromatic rings. The number of anilines is 1. The van der Waals surface area contributed by atoms with E-state index in [2.05, 4.69) is 0 Å². The highest BCUT2D eigenvalue weighted by Gasteiger charge is 2.36. The number of benzene rings is 1. The smallest absolute Gasteiger partial charge is 0.298 e. The second kappa shape index (κ2) is 6.07. The quantitative estimate of drug-likeness (QED) is 0.785. The van der Waals surface area contributed by atoms with E-state index in [1.54, 1.807) is 42.7 Å². The van der Waals surface area contributed by atoms with Crippen LogP contribution in [0.1, 0.15) is 12.7 Å². The average Bonchev–Trinajstić information content (AvgIpc) is 3.09. The Labute approximate surface area is 132 Å². The van der Waals surface area contributed by atoms with Crippen molar-refractivity contribution in [2.24, 2.45) is 0 Å². The molecule has 2 amide bonds. The molecule has 1 aromatic heterocycles. The van der Waals surface area contributed by atoms with Gasteiger partial charge in [0.05, 0.1) is 16.9 Å². The summed E-state index contributed by atoms with van der Waals surface area (Å²) in [5.41, 5.74) is 1.43. The van der Waals surface area contributed by atoms with Crippen LogP contribution in [-0.4, -0.2) is 11.1 Å². The van der Waals surface area contributed by atoms with Crippen molar-refractivity contribution in [1.82, 2.24) is 0 Å². The summed E-state index contributed by atoms with van der Waals surface area (Å²) >= 11 is 0.945. The maximum Gasteiger partial charge on any atom is 0.298 e. The number of hydrogen-bond acceptors (Lipinski definition) is 4. The van der Waals surface area contributed by atoms with E-state index in [4.69, 9.17) is 4.42 Å². The number of carbonyl (C=O) groups is 2. The molecular formula is C17H13NO3S. The highest BCUT2D eigenvalue weighted by molar-refractivity contribution is 8.18. The molecule has 0 aliphatic carbocycles. The van der Waals surface area contributed by atoms with Gasteiger partial charge in [0.1, 0.15) is 5.76 Å². The van der Waals surface area contributed by atoms with Gasteiger partial charge < -0.3 is 4.42 Å².